The predicted octanol–water partition coefficient (Wildman–Crippen LogP) is 8.83. The fourth-order valence-electron chi connectivity index (χ4n) is 5.78. The van der Waals surface area contributed by atoms with Gasteiger partial charge in [0.05, 0.1) is 11.0 Å². The molecule has 0 amide bonds. The van der Waals surface area contributed by atoms with E-state index >= 15 is 0 Å². The van der Waals surface area contributed by atoms with Crippen molar-refractivity contribution in [1.29, 1.82) is 0 Å². The van der Waals surface area contributed by atoms with E-state index in [0.29, 0.717) is 0 Å². The van der Waals surface area contributed by atoms with Gasteiger partial charge in [-0.15, -0.1) is 0 Å². The highest BCUT2D eigenvalue weighted by Crippen LogP contribution is 2.46. The van der Waals surface area contributed by atoms with Gasteiger partial charge in [-0.25, -0.2) is 0 Å². The van der Waals surface area contributed by atoms with Crippen LogP contribution in [0.4, 0.5) is 11.4 Å². The first-order valence-corrected chi connectivity index (χ1v) is 12.2. The molecule has 35 heavy (non-hydrogen) atoms. The lowest BCUT2D eigenvalue weighted by molar-refractivity contribution is 0.638. The van der Waals surface area contributed by atoms with Gasteiger partial charge in [0.25, 0.3) is 0 Å². The summed E-state index contributed by atoms with van der Waals surface area (Å²) in [5, 5.41) is 6.21. The van der Waals surface area contributed by atoms with Crippen LogP contribution in [0.2, 0.25) is 0 Å². The number of nitrogens with one attached hydrogen (secondary N) is 1. The third kappa shape index (κ3) is 2.96. The van der Waals surface area contributed by atoms with Gasteiger partial charge in [0, 0.05) is 33.2 Å². The van der Waals surface area contributed by atoms with Crippen LogP contribution in [0.5, 0.6) is 0 Å². The normalized spacial score (nSPS) is 13.9. The zero-order chi connectivity index (χ0) is 23.6. The second kappa shape index (κ2) is 7.35. The average molecular weight is 451 g/mol. The maximum Gasteiger partial charge on any atom is 0.0541 e. The van der Waals surface area contributed by atoms with Crippen LogP contribution in [0.15, 0.2) is 115 Å². The Labute approximate surface area is 205 Å². The molecule has 0 spiro atoms. The molecule has 2 heterocycles. The van der Waals surface area contributed by atoms with Gasteiger partial charge in [0.15, 0.2) is 0 Å². The number of para-hydroxylation sites is 3. The van der Waals surface area contributed by atoms with Gasteiger partial charge >= 0.3 is 0 Å². The van der Waals surface area contributed by atoms with Crippen molar-refractivity contribution in [2.75, 3.05) is 5.32 Å². The van der Waals surface area contributed by atoms with Crippen LogP contribution in [-0.2, 0) is 5.41 Å². The zero-order valence-electron chi connectivity index (χ0n) is 19.9. The van der Waals surface area contributed by atoms with E-state index in [2.05, 4.69) is 139 Å². The number of fused-ring (bicyclic) bond motifs is 5. The lowest BCUT2D eigenvalue weighted by atomic mass is 9.73. The smallest absolute Gasteiger partial charge is 0.0541 e. The highest BCUT2D eigenvalue weighted by molar-refractivity contribution is 6.10. The number of hydrogen-bond acceptors (Lipinski definition) is 1. The molecule has 1 aliphatic heterocycles. The van der Waals surface area contributed by atoms with E-state index in [1.807, 2.05) is 0 Å². The van der Waals surface area contributed by atoms with Gasteiger partial charge < -0.3 is 9.88 Å². The molecule has 2 heteroatoms. The molecule has 168 valence electrons. The molecule has 0 saturated heterocycles. The van der Waals surface area contributed by atoms with E-state index in [-0.39, 0.29) is 5.41 Å². The van der Waals surface area contributed by atoms with Crippen LogP contribution in [0, 0.1) is 0 Å². The molecule has 0 radical (unpaired) electrons. The van der Waals surface area contributed by atoms with Gasteiger partial charge in [0.1, 0.15) is 0 Å². The van der Waals surface area contributed by atoms with E-state index < -0.39 is 0 Å². The van der Waals surface area contributed by atoms with Crippen LogP contribution < -0.4 is 5.32 Å². The maximum atomic E-state index is 3.65. The molecule has 1 aliphatic rings. The van der Waals surface area contributed by atoms with Crippen molar-refractivity contribution in [3.05, 3.63) is 126 Å². The highest BCUT2D eigenvalue weighted by atomic mass is 15.0. The summed E-state index contributed by atoms with van der Waals surface area (Å²) >= 11 is 0. The Morgan fingerprint density at radius 2 is 1.20 bits per heavy atom. The minimum absolute atomic E-state index is 0.0688. The molecular formula is C33H26N2. The van der Waals surface area contributed by atoms with Crippen molar-refractivity contribution < 1.29 is 0 Å². The van der Waals surface area contributed by atoms with E-state index in [4.69, 9.17) is 0 Å². The number of rotatable bonds is 2. The number of aromatic nitrogens is 1. The first kappa shape index (κ1) is 20.1. The van der Waals surface area contributed by atoms with Crippen molar-refractivity contribution in [2.45, 2.75) is 19.3 Å². The Kier molecular flexibility index (Phi) is 4.22. The van der Waals surface area contributed by atoms with Crippen molar-refractivity contribution in [2.24, 2.45) is 0 Å². The minimum atomic E-state index is -0.0688. The summed E-state index contributed by atoms with van der Waals surface area (Å²) in [4.78, 5) is 0. The standard InChI is InChI=1S/C33H26N2/c1-33(2)27-13-7-8-14-29(27)34-30-18-16-23(21-28(30)33)22-17-19-32-26(20-22)25-12-6-9-15-31(25)35(32)24-10-4-3-5-11-24/h3-21,34H,1-2H3. The van der Waals surface area contributed by atoms with E-state index in [1.165, 1.54) is 61.1 Å². The molecule has 0 fully saturated rings. The summed E-state index contributed by atoms with van der Waals surface area (Å²) in [5.74, 6) is 0. The maximum absolute atomic E-state index is 3.65. The minimum Gasteiger partial charge on any atom is -0.355 e. The van der Waals surface area contributed by atoms with Crippen LogP contribution in [0.1, 0.15) is 25.0 Å². The first-order chi connectivity index (χ1) is 17.1. The summed E-state index contributed by atoms with van der Waals surface area (Å²) in [6.45, 7) is 4.65. The molecule has 0 unspecified atom stereocenters. The Morgan fingerprint density at radius 3 is 2.09 bits per heavy atom. The predicted molar refractivity (Wildman–Crippen MR) is 148 cm³/mol. The van der Waals surface area contributed by atoms with Gasteiger partial charge in [0.2, 0.25) is 0 Å². The van der Waals surface area contributed by atoms with Gasteiger partial charge in [-0.05, 0) is 70.8 Å². The van der Waals surface area contributed by atoms with Gasteiger partial charge in [-0.2, -0.15) is 0 Å². The second-order valence-electron chi connectivity index (χ2n) is 9.98. The fourth-order valence-corrected chi connectivity index (χ4v) is 5.78. The van der Waals surface area contributed by atoms with E-state index in [1.54, 1.807) is 0 Å². The summed E-state index contributed by atoms with van der Waals surface area (Å²) in [6.07, 6.45) is 0. The Morgan fingerprint density at radius 1 is 0.543 bits per heavy atom. The highest BCUT2D eigenvalue weighted by Gasteiger charge is 2.32. The largest absolute Gasteiger partial charge is 0.355 e. The van der Waals surface area contributed by atoms with Crippen LogP contribution in [-0.4, -0.2) is 4.57 Å². The third-order valence-electron chi connectivity index (χ3n) is 7.58. The second-order valence-corrected chi connectivity index (χ2v) is 9.98. The van der Waals surface area contributed by atoms with Crippen molar-refractivity contribution >= 4 is 33.2 Å². The number of anilines is 2. The molecular weight excluding hydrogens is 424 g/mol. The molecule has 2 nitrogen and oxygen atoms in total. The fraction of sp³-hybridized carbons (Fsp3) is 0.0909. The number of benzene rings is 5. The van der Waals surface area contributed by atoms with Crippen molar-refractivity contribution in [3.63, 3.8) is 0 Å². The first-order valence-electron chi connectivity index (χ1n) is 12.2. The summed E-state index contributed by atoms with van der Waals surface area (Å²) in [6, 6.07) is 41.7. The Bertz CT molecular complexity index is 1740. The molecule has 7 rings (SSSR count). The van der Waals surface area contributed by atoms with Gasteiger partial charge in [-0.1, -0.05) is 80.6 Å². The molecule has 6 aromatic rings. The number of hydrogen-bond donors (Lipinski definition) is 1. The number of nitrogens with zero attached hydrogens (tertiary/aromatic N) is 1. The van der Waals surface area contributed by atoms with Crippen molar-refractivity contribution in [1.82, 2.24) is 4.57 Å². The lowest BCUT2D eigenvalue weighted by Gasteiger charge is -2.36. The molecule has 5 aromatic carbocycles. The van der Waals surface area contributed by atoms with Crippen LogP contribution in [0.25, 0.3) is 38.6 Å². The van der Waals surface area contributed by atoms with Crippen molar-refractivity contribution in [3.8, 4) is 16.8 Å². The SMILES string of the molecule is CC1(C)c2ccccc2Nc2ccc(-c3ccc4c(c3)c3ccccc3n4-c3ccccc3)cc21. The molecule has 1 aromatic heterocycles. The summed E-state index contributed by atoms with van der Waals surface area (Å²) in [5.41, 5.74) is 11.1. The molecule has 1 N–H and O–H groups in total. The monoisotopic (exact) mass is 450 g/mol. The molecule has 0 aliphatic carbocycles. The topological polar surface area (TPSA) is 17.0 Å². The van der Waals surface area contributed by atoms with E-state index in [9.17, 15) is 0 Å². The third-order valence-corrected chi connectivity index (χ3v) is 7.58. The van der Waals surface area contributed by atoms with E-state index in [0.717, 1.165) is 0 Å². The Hall–Kier alpha value is -4.30. The van der Waals surface area contributed by atoms with Crippen LogP contribution in [0.3, 0.4) is 0 Å². The molecule has 0 atom stereocenters. The van der Waals surface area contributed by atoms with Gasteiger partial charge in [-0.3, -0.25) is 0 Å². The Balaban J connectivity index is 1.41. The molecule has 0 bridgehead atoms. The quantitative estimate of drug-likeness (QED) is 0.279. The zero-order valence-corrected chi connectivity index (χ0v) is 19.9. The summed E-state index contributed by atoms with van der Waals surface area (Å²) < 4.78 is 2.37. The molecule has 0 saturated carbocycles. The summed E-state index contributed by atoms with van der Waals surface area (Å²) in [7, 11) is 0. The average Bonchev–Trinajstić information content (AvgIpc) is 3.23. The van der Waals surface area contributed by atoms with Crippen LogP contribution >= 0.6 is 0 Å². The lowest BCUT2D eigenvalue weighted by Crippen LogP contribution is -2.25.